The Morgan fingerprint density at radius 2 is 2.14 bits per heavy atom. The summed E-state index contributed by atoms with van der Waals surface area (Å²) >= 11 is 5.29. The summed E-state index contributed by atoms with van der Waals surface area (Å²) in [5.74, 6) is -0.437. The van der Waals surface area contributed by atoms with E-state index in [4.69, 9.17) is 16.0 Å². The molecule has 0 aliphatic heterocycles. The number of alkyl halides is 1. The van der Waals surface area contributed by atoms with Gasteiger partial charge in [0.15, 0.2) is 6.07 Å². The molecule has 0 bridgehead atoms. The number of hydrogen-bond donors (Lipinski definition) is 0. The van der Waals surface area contributed by atoms with Crippen molar-refractivity contribution in [3.63, 3.8) is 0 Å². The summed E-state index contributed by atoms with van der Waals surface area (Å²) in [4.78, 5) is 39.8. The van der Waals surface area contributed by atoms with Gasteiger partial charge in [0.2, 0.25) is 5.91 Å². The Labute approximate surface area is 130 Å². The number of nitrogens with zero attached hydrogens (tertiary/aromatic N) is 2. The number of carbonyl (C=O) groups is 2. The highest BCUT2D eigenvalue weighted by molar-refractivity contribution is 6.18. The van der Waals surface area contributed by atoms with Crippen molar-refractivity contribution in [2.45, 2.75) is 6.92 Å². The van der Waals surface area contributed by atoms with Gasteiger partial charge in [-0.25, -0.2) is 14.5 Å². The molecule has 2 heterocycles. The molecule has 2 amide bonds. The van der Waals surface area contributed by atoms with Crippen molar-refractivity contribution >= 4 is 29.3 Å². The van der Waals surface area contributed by atoms with E-state index in [1.165, 1.54) is 18.3 Å². The van der Waals surface area contributed by atoms with Crippen molar-refractivity contribution in [3.05, 3.63) is 47.1 Å². The van der Waals surface area contributed by atoms with Crippen molar-refractivity contribution in [1.82, 2.24) is 4.98 Å². The van der Waals surface area contributed by atoms with Gasteiger partial charge in [0, 0.05) is 24.9 Å². The van der Waals surface area contributed by atoms with Crippen LogP contribution in [0.2, 0.25) is 0 Å². The Balaban J connectivity index is 2.42. The van der Waals surface area contributed by atoms with Crippen LogP contribution in [-0.2, 0) is 9.53 Å². The average Bonchev–Trinajstić information content (AvgIpc) is 2.50. The van der Waals surface area contributed by atoms with E-state index in [1.54, 1.807) is 18.3 Å². The Hall–Kier alpha value is -2.67. The van der Waals surface area contributed by atoms with Gasteiger partial charge >= 0.3 is 11.7 Å². The smallest absolute Gasteiger partial charge is 0.422 e. The lowest BCUT2D eigenvalue weighted by molar-refractivity contribution is -0.116. The number of imide groups is 1. The number of ether oxygens (including phenoxy) is 1. The van der Waals surface area contributed by atoms with Gasteiger partial charge in [-0.3, -0.25) is 9.78 Å². The summed E-state index contributed by atoms with van der Waals surface area (Å²) < 4.78 is 9.65. The number of hydrogen-bond acceptors (Lipinski definition) is 6. The molecule has 0 aliphatic rings. The first-order valence-electron chi connectivity index (χ1n) is 6.12. The van der Waals surface area contributed by atoms with Gasteiger partial charge in [-0.05, 0) is 24.3 Å². The Kier molecular flexibility index (Phi) is 4.90. The molecule has 0 spiro atoms. The lowest BCUT2D eigenvalue weighted by Crippen LogP contribution is -2.38. The van der Waals surface area contributed by atoms with Gasteiger partial charge in [-0.15, -0.1) is 0 Å². The van der Waals surface area contributed by atoms with Crippen molar-refractivity contribution in [2.24, 2.45) is 0 Å². The molecule has 2 aromatic heterocycles. The van der Waals surface area contributed by atoms with Crippen molar-refractivity contribution in [2.75, 3.05) is 11.0 Å². The maximum atomic E-state index is 12.0. The lowest BCUT2D eigenvalue weighted by Gasteiger charge is -2.16. The zero-order chi connectivity index (χ0) is 16.1. The Morgan fingerprint density at radius 3 is 2.68 bits per heavy atom. The number of pyridine rings is 1. The average molecular weight is 323 g/mol. The van der Waals surface area contributed by atoms with E-state index in [1.807, 2.05) is 0 Å². The maximum absolute atomic E-state index is 12.0. The highest BCUT2D eigenvalue weighted by atomic mass is 35.5. The molecule has 0 radical (unpaired) electrons. The second-order valence-corrected chi connectivity index (χ2v) is 4.31. The number of amides is 2. The summed E-state index contributed by atoms with van der Waals surface area (Å²) in [7, 11) is 0. The van der Waals surface area contributed by atoms with Crippen molar-refractivity contribution in [1.29, 1.82) is 0 Å². The molecule has 0 aromatic carbocycles. The summed E-state index contributed by atoms with van der Waals surface area (Å²) in [5, 5.41) is 0. The maximum Gasteiger partial charge on any atom is 0.422 e. The first-order chi connectivity index (χ1) is 10.5. The third-order valence-corrected chi connectivity index (χ3v) is 2.78. The molecular formula is C14H11ClN2O5. The minimum Gasteiger partial charge on any atom is -0.432 e. The minimum absolute atomic E-state index is 0.254. The fourth-order valence-electron chi connectivity index (χ4n) is 1.75. The molecule has 2 aromatic rings. The minimum atomic E-state index is -1.05. The van der Waals surface area contributed by atoms with E-state index < -0.39 is 23.7 Å². The molecule has 0 saturated carbocycles. The first-order valence-corrected chi connectivity index (χ1v) is 6.66. The lowest BCUT2D eigenvalue weighted by atomic mass is 10.2. The largest absolute Gasteiger partial charge is 0.432 e. The number of rotatable bonds is 3. The third-order valence-electron chi connectivity index (χ3n) is 2.67. The van der Waals surface area contributed by atoms with Crippen LogP contribution in [0.5, 0.6) is 0 Å². The second kappa shape index (κ2) is 6.86. The van der Waals surface area contributed by atoms with Gasteiger partial charge in [0.1, 0.15) is 11.4 Å². The molecule has 8 heteroatoms. The number of halogens is 1. The standard InChI is InChI=1S/C14H11ClN2O5/c1-9(18)17(14(20)21-8-15)11-4-5-12(22-13(11)19)10-3-2-6-16-7-10/h2-7H,8H2,1H3. The molecule has 114 valence electrons. The van der Waals surface area contributed by atoms with Gasteiger partial charge in [0.05, 0.1) is 0 Å². The zero-order valence-electron chi connectivity index (χ0n) is 11.5. The monoisotopic (exact) mass is 322 g/mol. The second-order valence-electron chi connectivity index (χ2n) is 4.09. The molecule has 0 fully saturated rings. The Morgan fingerprint density at radius 1 is 1.36 bits per heavy atom. The van der Waals surface area contributed by atoms with Gasteiger partial charge in [0.25, 0.3) is 0 Å². The van der Waals surface area contributed by atoms with Crippen LogP contribution >= 0.6 is 11.6 Å². The summed E-state index contributed by atoms with van der Waals surface area (Å²) in [5.41, 5.74) is -0.526. The van der Waals surface area contributed by atoms with Crippen LogP contribution in [0.15, 0.2) is 45.9 Å². The van der Waals surface area contributed by atoms with E-state index in [0.29, 0.717) is 10.5 Å². The van der Waals surface area contributed by atoms with E-state index in [-0.39, 0.29) is 11.4 Å². The van der Waals surface area contributed by atoms with Crippen LogP contribution in [0.25, 0.3) is 11.3 Å². The van der Waals surface area contributed by atoms with Crippen molar-refractivity contribution in [3.8, 4) is 11.3 Å². The molecule has 0 atom stereocenters. The third kappa shape index (κ3) is 3.32. The fraction of sp³-hybridized carbons (Fsp3) is 0.143. The molecule has 22 heavy (non-hydrogen) atoms. The van der Waals surface area contributed by atoms with E-state index >= 15 is 0 Å². The molecule has 0 N–H and O–H groups in total. The number of anilines is 1. The summed E-state index contributed by atoms with van der Waals surface area (Å²) in [6.07, 6.45) is 2.04. The van der Waals surface area contributed by atoms with E-state index in [2.05, 4.69) is 9.72 Å². The number of aromatic nitrogens is 1. The van der Waals surface area contributed by atoms with Crippen LogP contribution in [0.3, 0.4) is 0 Å². The van der Waals surface area contributed by atoms with Gasteiger partial charge in [-0.2, -0.15) is 0 Å². The molecule has 0 aliphatic carbocycles. The van der Waals surface area contributed by atoms with Crippen LogP contribution in [0.4, 0.5) is 10.5 Å². The van der Waals surface area contributed by atoms with Crippen LogP contribution in [-0.4, -0.2) is 23.1 Å². The quantitative estimate of drug-likeness (QED) is 0.806. The predicted octanol–water partition coefficient (Wildman–Crippen LogP) is 2.39. The Bertz CT molecular complexity index is 744. The molecule has 0 saturated heterocycles. The highest BCUT2D eigenvalue weighted by Gasteiger charge is 2.25. The zero-order valence-corrected chi connectivity index (χ0v) is 12.2. The van der Waals surface area contributed by atoms with Crippen LogP contribution in [0.1, 0.15) is 6.92 Å². The molecular weight excluding hydrogens is 312 g/mol. The summed E-state index contributed by atoms with van der Waals surface area (Å²) in [6.45, 7) is 1.12. The topological polar surface area (TPSA) is 89.7 Å². The van der Waals surface area contributed by atoms with Crippen LogP contribution in [0, 0.1) is 0 Å². The predicted molar refractivity (Wildman–Crippen MR) is 78.6 cm³/mol. The first kappa shape index (κ1) is 15.7. The molecule has 7 nitrogen and oxygen atoms in total. The normalized spacial score (nSPS) is 10.1. The number of carbonyl (C=O) groups excluding carboxylic acids is 2. The SMILES string of the molecule is CC(=O)N(C(=O)OCCl)c1ccc(-c2cccnc2)oc1=O. The molecule has 2 rings (SSSR count). The van der Waals surface area contributed by atoms with Crippen LogP contribution < -0.4 is 10.5 Å². The van der Waals surface area contributed by atoms with Gasteiger partial charge < -0.3 is 9.15 Å². The summed E-state index contributed by atoms with van der Waals surface area (Å²) in [6, 6.07) is 5.70. The van der Waals surface area contributed by atoms with E-state index in [9.17, 15) is 14.4 Å². The highest BCUT2D eigenvalue weighted by Crippen LogP contribution is 2.19. The van der Waals surface area contributed by atoms with E-state index in [0.717, 1.165) is 6.92 Å². The fourth-order valence-corrected chi connectivity index (χ4v) is 1.84. The van der Waals surface area contributed by atoms with Gasteiger partial charge in [-0.1, -0.05) is 11.6 Å². The van der Waals surface area contributed by atoms with Crippen molar-refractivity contribution < 1.29 is 18.7 Å². The molecule has 0 unspecified atom stereocenters.